The summed E-state index contributed by atoms with van der Waals surface area (Å²) in [7, 11) is -5.40. The molecule has 4 rings (SSSR count). The van der Waals surface area contributed by atoms with E-state index in [-0.39, 0.29) is 5.56 Å². The summed E-state index contributed by atoms with van der Waals surface area (Å²) in [5.41, 5.74) is -8.73. The number of ether oxygens (including phenoxy) is 1. The molecule has 2 heterocycles. The van der Waals surface area contributed by atoms with E-state index in [4.69, 9.17) is 9.15 Å². The molecule has 0 fully saturated rings. The van der Waals surface area contributed by atoms with Crippen LogP contribution in [0.4, 0.5) is 26.3 Å². The molecule has 0 atom stereocenters. The molecule has 4 aromatic rings. The number of fused-ring (bicyclic) bond motifs is 1. The molecule has 2 aromatic carbocycles. The maximum atomic E-state index is 14.0. The van der Waals surface area contributed by atoms with Gasteiger partial charge in [-0.2, -0.15) is 39.9 Å². The molecule has 0 N–H and O–H groups in total. The average Bonchev–Trinajstić information content (AvgIpc) is 3.27. The summed E-state index contributed by atoms with van der Waals surface area (Å²) in [4.78, 5) is 13.2. The van der Waals surface area contributed by atoms with Gasteiger partial charge in [0.2, 0.25) is 16.9 Å². The summed E-state index contributed by atoms with van der Waals surface area (Å²) in [6.45, 7) is 0. The largest absolute Gasteiger partial charge is 0.534 e. The first-order chi connectivity index (χ1) is 16.7. The van der Waals surface area contributed by atoms with Crippen LogP contribution in [0.2, 0.25) is 0 Å². The Morgan fingerprint density at radius 3 is 2.25 bits per heavy atom. The number of aromatic nitrogens is 2. The molecule has 0 amide bonds. The highest BCUT2D eigenvalue weighted by atomic mass is 32.2. The molecule has 0 saturated heterocycles. The number of alkyl halides is 6. The molecule has 0 aliphatic carbocycles. The molecule has 0 unspecified atom stereocenters. The van der Waals surface area contributed by atoms with E-state index in [2.05, 4.69) is 9.28 Å². The van der Waals surface area contributed by atoms with Gasteiger partial charge in [-0.25, -0.2) is 4.68 Å². The fourth-order valence-corrected chi connectivity index (χ4v) is 3.74. The number of nitrogens with zero attached hydrogens (tertiary/aromatic N) is 2. The van der Waals surface area contributed by atoms with Gasteiger partial charge in [-0.15, -0.1) is 0 Å². The van der Waals surface area contributed by atoms with Crippen LogP contribution in [-0.4, -0.2) is 30.8 Å². The Labute approximate surface area is 197 Å². The van der Waals surface area contributed by atoms with Gasteiger partial charge >= 0.3 is 21.8 Å². The van der Waals surface area contributed by atoms with E-state index in [1.54, 1.807) is 30.3 Å². The SMILES string of the molecule is COc1c(OS(=O)(=O)C(F)(F)F)ccc2c(=O)c(-c3cnn(-c4ccccc4)c3)c(C(F)(F)F)oc12. The third-order valence-electron chi connectivity index (χ3n) is 4.82. The van der Waals surface area contributed by atoms with E-state index in [1.807, 2.05) is 0 Å². The van der Waals surface area contributed by atoms with Gasteiger partial charge in [0.15, 0.2) is 11.3 Å². The Hall–Kier alpha value is -4.01. The second-order valence-corrected chi connectivity index (χ2v) is 8.64. The standard InChI is InChI=1S/C21H12F6N2O6S/c1-33-18-14(35-36(31,32)21(25,26)27)8-7-13-16(30)15(19(20(22,23)24)34-17(13)18)11-9-28-29(10-11)12-5-3-2-4-6-12/h2-10H,1H3. The summed E-state index contributed by atoms with van der Waals surface area (Å²) in [6, 6.07) is 9.65. The zero-order valence-electron chi connectivity index (χ0n) is 17.7. The number of halogens is 6. The van der Waals surface area contributed by atoms with Gasteiger partial charge < -0.3 is 13.3 Å². The quantitative estimate of drug-likeness (QED) is 0.204. The molecule has 0 aliphatic rings. The number of hydrogen-bond donors (Lipinski definition) is 0. The van der Waals surface area contributed by atoms with Crippen LogP contribution in [0.5, 0.6) is 11.5 Å². The molecule has 8 nitrogen and oxygen atoms in total. The maximum absolute atomic E-state index is 14.0. The molecule has 190 valence electrons. The summed E-state index contributed by atoms with van der Waals surface area (Å²) in [5.74, 6) is -3.90. The van der Waals surface area contributed by atoms with Gasteiger partial charge in [0.05, 0.1) is 29.9 Å². The monoisotopic (exact) mass is 534 g/mol. The van der Waals surface area contributed by atoms with Gasteiger partial charge in [-0.05, 0) is 24.3 Å². The van der Waals surface area contributed by atoms with Crippen molar-refractivity contribution in [1.29, 1.82) is 0 Å². The van der Waals surface area contributed by atoms with Gasteiger partial charge in [-0.1, -0.05) is 18.2 Å². The molecule has 0 spiro atoms. The van der Waals surface area contributed by atoms with Crippen LogP contribution < -0.4 is 14.3 Å². The zero-order chi connectivity index (χ0) is 26.5. The van der Waals surface area contributed by atoms with Crippen molar-refractivity contribution in [1.82, 2.24) is 9.78 Å². The number of rotatable bonds is 5. The predicted molar refractivity (Wildman–Crippen MR) is 112 cm³/mol. The van der Waals surface area contributed by atoms with E-state index in [0.29, 0.717) is 11.8 Å². The van der Waals surface area contributed by atoms with E-state index in [1.165, 1.54) is 4.68 Å². The fourth-order valence-electron chi connectivity index (χ4n) is 3.28. The van der Waals surface area contributed by atoms with Crippen molar-refractivity contribution in [3.8, 4) is 28.3 Å². The Morgan fingerprint density at radius 1 is 1.00 bits per heavy atom. The van der Waals surface area contributed by atoms with Gasteiger partial charge in [0.1, 0.15) is 0 Å². The number of methoxy groups -OCH3 is 1. The van der Waals surface area contributed by atoms with E-state index < -0.39 is 61.0 Å². The first-order valence-electron chi connectivity index (χ1n) is 9.61. The molecular formula is C21H12F6N2O6S. The van der Waals surface area contributed by atoms with Gasteiger partial charge in [0, 0.05) is 11.8 Å². The van der Waals surface area contributed by atoms with Crippen LogP contribution in [0.3, 0.4) is 0 Å². The average molecular weight is 534 g/mol. The van der Waals surface area contributed by atoms with Crippen LogP contribution in [0, 0.1) is 0 Å². The van der Waals surface area contributed by atoms with Gasteiger partial charge in [0.25, 0.3) is 0 Å². The minimum Gasteiger partial charge on any atom is -0.490 e. The van der Waals surface area contributed by atoms with Crippen LogP contribution >= 0.6 is 0 Å². The highest BCUT2D eigenvalue weighted by Gasteiger charge is 2.49. The Morgan fingerprint density at radius 2 is 1.67 bits per heavy atom. The zero-order valence-corrected chi connectivity index (χ0v) is 18.5. The third-order valence-corrected chi connectivity index (χ3v) is 5.78. The van der Waals surface area contributed by atoms with Crippen LogP contribution in [0.1, 0.15) is 5.76 Å². The Balaban J connectivity index is 1.96. The third kappa shape index (κ3) is 4.36. The Kier molecular flexibility index (Phi) is 5.98. The summed E-state index contributed by atoms with van der Waals surface area (Å²) >= 11 is 0. The second-order valence-electron chi connectivity index (χ2n) is 7.10. The van der Waals surface area contributed by atoms with Crippen LogP contribution in [0.25, 0.3) is 27.8 Å². The molecule has 15 heteroatoms. The van der Waals surface area contributed by atoms with Crippen molar-refractivity contribution in [2.45, 2.75) is 11.7 Å². The minimum absolute atomic E-state index is 0.263. The molecular weight excluding hydrogens is 522 g/mol. The predicted octanol–water partition coefficient (Wildman–Crippen LogP) is 4.90. The normalized spacial score (nSPS) is 12.6. The molecule has 0 radical (unpaired) electrons. The lowest BCUT2D eigenvalue weighted by Crippen LogP contribution is -2.28. The van der Waals surface area contributed by atoms with Crippen molar-refractivity contribution < 1.29 is 48.1 Å². The van der Waals surface area contributed by atoms with E-state index >= 15 is 0 Å². The summed E-state index contributed by atoms with van der Waals surface area (Å²) in [5, 5.41) is 3.43. The highest BCUT2D eigenvalue weighted by Crippen LogP contribution is 2.42. The highest BCUT2D eigenvalue weighted by molar-refractivity contribution is 7.88. The molecule has 0 aliphatic heterocycles. The topological polar surface area (TPSA) is 101 Å². The lowest BCUT2D eigenvalue weighted by molar-refractivity contribution is -0.152. The first kappa shape index (κ1) is 25.1. The van der Waals surface area contributed by atoms with Crippen molar-refractivity contribution in [3.05, 3.63) is 70.8 Å². The van der Waals surface area contributed by atoms with Crippen molar-refractivity contribution in [2.24, 2.45) is 0 Å². The lowest BCUT2D eigenvalue weighted by Gasteiger charge is -2.16. The maximum Gasteiger partial charge on any atom is 0.534 e. The van der Waals surface area contributed by atoms with Crippen LogP contribution in [0.15, 0.2) is 64.1 Å². The molecule has 0 bridgehead atoms. The Bertz CT molecular complexity index is 1610. The van der Waals surface area contributed by atoms with Crippen LogP contribution in [-0.2, 0) is 16.3 Å². The number of benzene rings is 2. The number of para-hydroxylation sites is 1. The smallest absolute Gasteiger partial charge is 0.490 e. The molecule has 2 aromatic heterocycles. The van der Waals surface area contributed by atoms with E-state index in [9.17, 15) is 39.6 Å². The summed E-state index contributed by atoms with van der Waals surface area (Å²) < 4.78 is 118. The minimum atomic E-state index is -6.21. The van der Waals surface area contributed by atoms with Gasteiger partial charge in [-0.3, -0.25) is 4.79 Å². The first-order valence-corrected chi connectivity index (χ1v) is 11.0. The van der Waals surface area contributed by atoms with Crippen molar-refractivity contribution in [3.63, 3.8) is 0 Å². The number of hydrogen-bond acceptors (Lipinski definition) is 7. The summed E-state index contributed by atoms with van der Waals surface area (Å²) in [6.07, 6.45) is -3.09. The molecule has 0 saturated carbocycles. The fraction of sp³-hybridized carbons (Fsp3) is 0.143. The van der Waals surface area contributed by atoms with Crippen molar-refractivity contribution in [2.75, 3.05) is 7.11 Å². The van der Waals surface area contributed by atoms with Crippen molar-refractivity contribution >= 4 is 21.1 Å². The molecule has 36 heavy (non-hydrogen) atoms. The van der Waals surface area contributed by atoms with E-state index in [0.717, 1.165) is 25.6 Å². The lowest BCUT2D eigenvalue weighted by atomic mass is 10.0. The second kappa shape index (κ2) is 8.58.